The highest BCUT2D eigenvalue weighted by atomic mass is 35.5. The zero-order valence-corrected chi connectivity index (χ0v) is 8.08. The van der Waals surface area contributed by atoms with Crippen LogP contribution in [-0.4, -0.2) is 12.1 Å². The van der Waals surface area contributed by atoms with Gasteiger partial charge in [0.1, 0.15) is 11.1 Å². The fraction of sp³-hybridized carbons (Fsp3) is 0.571. The predicted octanol–water partition coefficient (Wildman–Crippen LogP) is 2.59. The van der Waals surface area contributed by atoms with Gasteiger partial charge in [-0.3, -0.25) is 0 Å². The van der Waals surface area contributed by atoms with Gasteiger partial charge in [-0.1, -0.05) is 0 Å². The van der Waals surface area contributed by atoms with Crippen molar-refractivity contribution in [2.45, 2.75) is 18.9 Å². The first-order valence-corrected chi connectivity index (χ1v) is 4.72. The van der Waals surface area contributed by atoms with Crippen LogP contribution in [0.4, 0.5) is 0 Å². The van der Waals surface area contributed by atoms with Crippen LogP contribution in [0.5, 0.6) is 0 Å². The van der Waals surface area contributed by atoms with E-state index in [9.17, 15) is 0 Å². The molecule has 0 aliphatic carbocycles. The summed E-state index contributed by atoms with van der Waals surface area (Å²) in [6.07, 6.45) is 0.0805. The Bertz CT molecular complexity index is 226. The van der Waals surface area contributed by atoms with Gasteiger partial charge in [0, 0.05) is 12.5 Å². The molecule has 1 heterocycles. The van der Waals surface area contributed by atoms with Gasteiger partial charge in [0.2, 0.25) is 0 Å². The number of thiazole rings is 1. The molecule has 1 aromatic heterocycles. The lowest BCUT2D eigenvalue weighted by Gasteiger charge is -2.03. The van der Waals surface area contributed by atoms with Gasteiger partial charge < -0.3 is 4.74 Å². The number of methoxy groups -OCH3 is 1. The van der Waals surface area contributed by atoms with Gasteiger partial charge in [-0.25, -0.2) is 4.98 Å². The molecule has 0 radical (unpaired) electrons. The molecule has 0 saturated heterocycles. The van der Waals surface area contributed by atoms with Crippen molar-refractivity contribution < 1.29 is 4.74 Å². The third-order valence-corrected chi connectivity index (χ3v) is 2.74. The van der Waals surface area contributed by atoms with E-state index >= 15 is 0 Å². The van der Waals surface area contributed by atoms with Crippen LogP contribution in [0.3, 0.4) is 0 Å². The molecular formula is C7H10ClNOS. The SMILES string of the molecule is COC(C)c1nc(CCl)cs1. The molecule has 11 heavy (non-hydrogen) atoms. The summed E-state index contributed by atoms with van der Waals surface area (Å²) in [5.74, 6) is 0.479. The summed E-state index contributed by atoms with van der Waals surface area (Å²) in [7, 11) is 1.67. The number of ether oxygens (including phenoxy) is 1. The Morgan fingerprint density at radius 3 is 3.00 bits per heavy atom. The molecule has 0 saturated carbocycles. The summed E-state index contributed by atoms with van der Waals surface area (Å²) in [5, 5.41) is 2.95. The first-order valence-electron chi connectivity index (χ1n) is 3.31. The third kappa shape index (κ3) is 2.15. The molecule has 0 spiro atoms. The van der Waals surface area contributed by atoms with Crippen LogP contribution in [0, 0.1) is 0 Å². The lowest BCUT2D eigenvalue weighted by Crippen LogP contribution is -1.94. The summed E-state index contributed by atoms with van der Waals surface area (Å²) in [5.41, 5.74) is 0.926. The minimum atomic E-state index is 0.0805. The standard InChI is InChI=1S/C7H10ClNOS/c1-5(10-2)7-9-6(3-8)4-11-7/h4-5H,3H2,1-2H3. The number of rotatable bonds is 3. The summed E-state index contributed by atoms with van der Waals surface area (Å²) >= 11 is 7.18. The van der Waals surface area contributed by atoms with Gasteiger partial charge in [0.05, 0.1) is 11.6 Å². The number of alkyl halides is 1. The molecule has 0 amide bonds. The lowest BCUT2D eigenvalue weighted by atomic mass is 10.4. The molecule has 1 rings (SSSR count). The Kier molecular flexibility index (Phi) is 3.30. The van der Waals surface area contributed by atoms with Gasteiger partial charge in [-0.05, 0) is 6.92 Å². The number of nitrogens with zero attached hydrogens (tertiary/aromatic N) is 1. The van der Waals surface area contributed by atoms with Crippen molar-refractivity contribution in [3.8, 4) is 0 Å². The molecule has 0 N–H and O–H groups in total. The van der Waals surface area contributed by atoms with Crippen LogP contribution < -0.4 is 0 Å². The van der Waals surface area contributed by atoms with E-state index < -0.39 is 0 Å². The van der Waals surface area contributed by atoms with Crippen molar-refractivity contribution in [1.82, 2.24) is 4.98 Å². The molecule has 1 unspecified atom stereocenters. The van der Waals surface area contributed by atoms with Crippen molar-refractivity contribution >= 4 is 22.9 Å². The fourth-order valence-electron chi connectivity index (χ4n) is 0.672. The molecular weight excluding hydrogens is 182 g/mol. The molecule has 0 fully saturated rings. The quantitative estimate of drug-likeness (QED) is 0.686. The largest absolute Gasteiger partial charge is 0.375 e. The predicted molar refractivity (Wildman–Crippen MR) is 47.1 cm³/mol. The summed E-state index contributed by atoms with van der Waals surface area (Å²) in [6, 6.07) is 0. The highest BCUT2D eigenvalue weighted by molar-refractivity contribution is 7.09. The molecule has 4 heteroatoms. The second-order valence-corrected chi connectivity index (χ2v) is 3.35. The van der Waals surface area contributed by atoms with E-state index in [0.29, 0.717) is 5.88 Å². The molecule has 0 bridgehead atoms. The number of hydrogen-bond donors (Lipinski definition) is 0. The second-order valence-electron chi connectivity index (χ2n) is 2.19. The van der Waals surface area contributed by atoms with E-state index in [0.717, 1.165) is 10.7 Å². The molecule has 0 aliphatic heterocycles. The molecule has 1 aromatic rings. The average molecular weight is 192 g/mol. The lowest BCUT2D eigenvalue weighted by molar-refractivity contribution is 0.119. The van der Waals surface area contributed by atoms with E-state index in [-0.39, 0.29) is 6.10 Å². The van der Waals surface area contributed by atoms with Gasteiger partial charge >= 0.3 is 0 Å². The van der Waals surface area contributed by atoms with Crippen LogP contribution in [0.25, 0.3) is 0 Å². The van der Waals surface area contributed by atoms with Crippen molar-refractivity contribution in [3.63, 3.8) is 0 Å². The monoisotopic (exact) mass is 191 g/mol. The minimum Gasteiger partial charge on any atom is -0.375 e. The van der Waals surface area contributed by atoms with Gasteiger partial charge in [0.25, 0.3) is 0 Å². The first kappa shape index (κ1) is 8.97. The highest BCUT2D eigenvalue weighted by Gasteiger charge is 2.07. The maximum atomic E-state index is 5.59. The molecule has 2 nitrogen and oxygen atoms in total. The van der Waals surface area contributed by atoms with Crippen LogP contribution in [0.2, 0.25) is 0 Å². The van der Waals surface area contributed by atoms with E-state index in [1.165, 1.54) is 0 Å². The Hall–Kier alpha value is -0.120. The first-order chi connectivity index (χ1) is 5.27. The molecule has 62 valence electrons. The topological polar surface area (TPSA) is 22.1 Å². The van der Waals surface area contributed by atoms with E-state index in [1.54, 1.807) is 18.4 Å². The van der Waals surface area contributed by atoms with Crippen LogP contribution in [0.1, 0.15) is 23.7 Å². The van der Waals surface area contributed by atoms with Crippen molar-refractivity contribution in [2.75, 3.05) is 7.11 Å². The minimum absolute atomic E-state index is 0.0805. The Labute approximate surface area is 75.2 Å². The number of hydrogen-bond acceptors (Lipinski definition) is 3. The van der Waals surface area contributed by atoms with E-state index in [2.05, 4.69) is 4.98 Å². The van der Waals surface area contributed by atoms with Crippen LogP contribution >= 0.6 is 22.9 Å². The van der Waals surface area contributed by atoms with Crippen LogP contribution in [0.15, 0.2) is 5.38 Å². The van der Waals surface area contributed by atoms with Gasteiger partial charge in [-0.2, -0.15) is 0 Å². The second kappa shape index (κ2) is 4.04. The highest BCUT2D eigenvalue weighted by Crippen LogP contribution is 2.20. The van der Waals surface area contributed by atoms with Crippen molar-refractivity contribution in [3.05, 3.63) is 16.1 Å². The third-order valence-electron chi connectivity index (χ3n) is 1.41. The Morgan fingerprint density at radius 1 is 1.82 bits per heavy atom. The molecule has 0 aromatic carbocycles. The van der Waals surface area contributed by atoms with Crippen molar-refractivity contribution in [2.24, 2.45) is 0 Å². The smallest absolute Gasteiger partial charge is 0.122 e. The van der Waals surface area contributed by atoms with Crippen LogP contribution in [-0.2, 0) is 10.6 Å². The number of halogens is 1. The van der Waals surface area contributed by atoms with Gasteiger partial charge in [0.15, 0.2) is 0 Å². The molecule has 1 atom stereocenters. The summed E-state index contributed by atoms with van der Waals surface area (Å²) in [6.45, 7) is 1.97. The maximum absolute atomic E-state index is 5.59. The van der Waals surface area contributed by atoms with Gasteiger partial charge in [-0.15, -0.1) is 22.9 Å². The number of aromatic nitrogens is 1. The maximum Gasteiger partial charge on any atom is 0.122 e. The Balaban J connectivity index is 2.71. The fourth-order valence-corrected chi connectivity index (χ4v) is 1.75. The summed E-state index contributed by atoms with van der Waals surface area (Å²) in [4.78, 5) is 4.26. The van der Waals surface area contributed by atoms with Crippen molar-refractivity contribution in [1.29, 1.82) is 0 Å². The Morgan fingerprint density at radius 2 is 2.55 bits per heavy atom. The average Bonchev–Trinajstić information content (AvgIpc) is 2.50. The summed E-state index contributed by atoms with van der Waals surface area (Å²) < 4.78 is 5.10. The molecule has 0 aliphatic rings. The zero-order chi connectivity index (χ0) is 8.27. The van der Waals surface area contributed by atoms with E-state index in [1.807, 2.05) is 12.3 Å². The zero-order valence-electron chi connectivity index (χ0n) is 6.50. The normalized spacial score (nSPS) is 13.4. The van der Waals surface area contributed by atoms with E-state index in [4.69, 9.17) is 16.3 Å².